The fourth-order valence-electron chi connectivity index (χ4n) is 2.10. The molecule has 0 saturated carbocycles. The minimum Gasteiger partial charge on any atom is -0.493 e. The summed E-state index contributed by atoms with van der Waals surface area (Å²) in [6, 6.07) is 13.9. The van der Waals surface area contributed by atoms with Gasteiger partial charge in [0, 0.05) is 12.5 Å². The number of nitrogens with two attached hydrogens (primary N) is 1. The lowest BCUT2D eigenvalue weighted by molar-refractivity contribution is 0.128. The van der Waals surface area contributed by atoms with Crippen molar-refractivity contribution in [3.05, 3.63) is 59.7 Å². The number of hydrogen-bond donors (Lipinski definition) is 1. The van der Waals surface area contributed by atoms with E-state index in [0.29, 0.717) is 23.7 Å². The van der Waals surface area contributed by atoms with E-state index in [1.165, 1.54) is 7.11 Å². The van der Waals surface area contributed by atoms with Crippen LogP contribution in [0.5, 0.6) is 11.5 Å². The second kappa shape index (κ2) is 7.75. The molecule has 2 aromatic rings. The van der Waals surface area contributed by atoms with Crippen LogP contribution in [0.15, 0.2) is 48.5 Å². The molecule has 0 heterocycles. The lowest BCUT2D eigenvalue weighted by Crippen LogP contribution is -2.14. The van der Waals surface area contributed by atoms with Gasteiger partial charge in [0.1, 0.15) is 6.61 Å². The third kappa shape index (κ3) is 4.43. The SMILES string of the molecule is COc1ccc([C@@H](N)CC(F)F)cc1OCc1ccccc1. The molecule has 2 rings (SSSR count). The third-order valence-corrected chi connectivity index (χ3v) is 3.29. The van der Waals surface area contributed by atoms with Gasteiger partial charge in [0.2, 0.25) is 6.43 Å². The van der Waals surface area contributed by atoms with E-state index >= 15 is 0 Å². The van der Waals surface area contributed by atoms with Crippen LogP contribution in [0.1, 0.15) is 23.6 Å². The molecule has 2 aromatic carbocycles. The van der Waals surface area contributed by atoms with Gasteiger partial charge >= 0.3 is 0 Å². The molecule has 0 bridgehead atoms. The number of alkyl halides is 2. The third-order valence-electron chi connectivity index (χ3n) is 3.29. The molecule has 118 valence electrons. The van der Waals surface area contributed by atoms with E-state index in [9.17, 15) is 8.78 Å². The molecule has 0 saturated heterocycles. The molecule has 0 aromatic heterocycles. The number of ether oxygens (including phenoxy) is 2. The number of hydrogen-bond acceptors (Lipinski definition) is 3. The van der Waals surface area contributed by atoms with E-state index in [4.69, 9.17) is 15.2 Å². The zero-order valence-corrected chi connectivity index (χ0v) is 12.3. The first-order valence-electron chi connectivity index (χ1n) is 6.98. The smallest absolute Gasteiger partial charge is 0.240 e. The molecular weight excluding hydrogens is 288 g/mol. The lowest BCUT2D eigenvalue weighted by atomic mass is 10.0. The highest BCUT2D eigenvalue weighted by atomic mass is 19.3. The molecule has 0 aliphatic heterocycles. The van der Waals surface area contributed by atoms with Crippen LogP contribution in [0.3, 0.4) is 0 Å². The molecule has 22 heavy (non-hydrogen) atoms. The first kappa shape index (κ1) is 16.2. The zero-order valence-electron chi connectivity index (χ0n) is 12.3. The Morgan fingerprint density at radius 2 is 1.77 bits per heavy atom. The molecule has 3 nitrogen and oxygen atoms in total. The summed E-state index contributed by atoms with van der Waals surface area (Å²) in [5, 5.41) is 0. The minimum absolute atomic E-state index is 0.366. The van der Waals surface area contributed by atoms with Gasteiger partial charge in [-0.05, 0) is 23.3 Å². The van der Waals surface area contributed by atoms with Crippen LogP contribution < -0.4 is 15.2 Å². The Morgan fingerprint density at radius 3 is 2.41 bits per heavy atom. The monoisotopic (exact) mass is 307 g/mol. The highest BCUT2D eigenvalue weighted by Gasteiger charge is 2.15. The largest absolute Gasteiger partial charge is 0.493 e. The average Bonchev–Trinajstić information content (AvgIpc) is 2.53. The van der Waals surface area contributed by atoms with E-state index < -0.39 is 12.5 Å². The number of methoxy groups -OCH3 is 1. The first-order chi connectivity index (χ1) is 10.6. The van der Waals surface area contributed by atoms with Gasteiger partial charge in [0.25, 0.3) is 0 Å². The van der Waals surface area contributed by atoms with Gasteiger partial charge in [-0.1, -0.05) is 36.4 Å². The molecule has 0 aliphatic carbocycles. The zero-order chi connectivity index (χ0) is 15.9. The molecule has 0 radical (unpaired) electrons. The van der Waals surface area contributed by atoms with Crippen LogP contribution in [0.2, 0.25) is 0 Å². The second-order valence-electron chi connectivity index (χ2n) is 4.92. The van der Waals surface area contributed by atoms with Crippen molar-refractivity contribution < 1.29 is 18.3 Å². The highest BCUT2D eigenvalue weighted by Crippen LogP contribution is 2.31. The van der Waals surface area contributed by atoms with E-state index in [1.54, 1.807) is 18.2 Å². The highest BCUT2D eigenvalue weighted by molar-refractivity contribution is 5.44. The van der Waals surface area contributed by atoms with E-state index in [1.807, 2.05) is 30.3 Å². The molecule has 0 fully saturated rings. The van der Waals surface area contributed by atoms with E-state index in [2.05, 4.69) is 0 Å². The Hall–Kier alpha value is -2.14. The Labute approximate surface area is 128 Å². The Bertz CT molecular complexity index is 590. The fourth-order valence-corrected chi connectivity index (χ4v) is 2.10. The van der Waals surface area contributed by atoms with Gasteiger partial charge in [-0.3, -0.25) is 0 Å². The van der Waals surface area contributed by atoms with Crippen molar-refractivity contribution in [2.24, 2.45) is 5.73 Å². The van der Waals surface area contributed by atoms with Crippen LogP contribution in [0, 0.1) is 0 Å². The molecule has 0 aliphatic rings. The van der Waals surface area contributed by atoms with Crippen molar-refractivity contribution in [3.63, 3.8) is 0 Å². The summed E-state index contributed by atoms with van der Waals surface area (Å²) < 4.78 is 35.9. The molecule has 5 heteroatoms. The van der Waals surface area contributed by atoms with Crippen molar-refractivity contribution in [2.45, 2.75) is 25.5 Å². The van der Waals surface area contributed by atoms with Crippen molar-refractivity contribution in [3.8, 4) is 11.5 Å². The van der Waals surface area contributed by atoms with Crippen LogP contribution in [0.25, 0.3) is 0 Å². The summed E-state index contributed by atoms with van der Waals surface area (Å²) in [4.78, 5) is 0. The number of benzene rings is 2. The van der Waals surface area contributed by atoms with Crippen LogP contribution >= 0.6 is 0 Å². The van der Waals surface area contributed by atoms with Gasteiger partial charge in [-0.15, -0.1) is 0 Å². The summed E-state index contributed by atoms with van der Waals surface area (Å²) >= 11 is 0. The maximum absolute atomic E-state index is 12.5. The van der Waals surface area contributed by atoms with Crippen LogP contribution in [-0.2, 0) is 6.61 Å². The average molecular weight is 307 g/mol. The Balaban J connectivity index is 2.14. The predicted molar refractivity (Wildman–Crippen MR) is 81.3 cm³/mol. The number of rotatable bonds is 7. The Morgan fingerprint density at radius 1 is 1.05 bits per heavy atom. The number of halogens is 2. The van der Waals surface area contributed by atoms with Crippen LogP contribution in [0.4, 0.5) is 8.78 Å². The van der Waals surface area contributed by atoms with E-state index in [0.717, 1.165) is 5.56 Å². The molecule has 0 spiro atoms. The predicted octanol–water partition coefficient (Wildman–Crippen LogP) is 3.93. The summed E-state index contributed by atoms with van der Waals surface area (Å²) in [5.41, 5.74) is 7.39. The Kier molecular flexibility index (Phi) is 5.72. The van der Waals surface area contributed by atoms with Gasteiger partial charge in [-0.25, -0.2) is 8.78 Å². The summed E-state index contributed by atoms with van der Waals surface area (Å²) in [6.45, 7) is 0.366. The van der Waals surface area contributed by atoms with Gasteiger partial charge in [-0.2, -0.15) is 0 Å². The summed E-state index contributed by atoms with van der Waals surface area (Å²) in [6.07, 6.45) is -2.82. The van der Waals surface area contributed by atoms with Crippen molar-refractivity contribution >= 4 is 0 Å². The second-order valence-corrected chi connectivity index (χ2v) is 4.92. The normalized spacial score (nSPS) is 12.2. The summed E-state index contributed by atoms with van der Waals surface area (Å²) in [5.74, 6) is 1.04. The van der Waals surface area contributed by atoms with Crippen molar-refractivity contribution in [2.75, 3.05) is 7.11 Å². The molecule has 0 amide bonds. The van der Waals surface area contributed by atoms with E-state index in [-0.39, 0.29) is 6.42 Å². The molecule has 1 atom stereocenters. The van der Waals surface area contributed by atoms with Gasteiger partial charge in [0.05, 0.1) is 7.11 Å². The minimum atomic E-state index is -2.44. The van der Waals surface area contributed by atoms with Gasteiger partial charge in [0.15, 0.2) is 11.5 Å². The van der Waals surface area contributed by atoms with Gasteiger partial charge < -0.3 is 15.2 Å². The first-order valence-corrected chi connectivity index (χ1v) is 6.98. The quantitative estimate of drug-likeness (QED) is 0.843. The topological polar surface area (TPSA) is 44.5 Å². The van der Waals surface area contributed by atoms with Crippen molar-refractivity contribution in [1.29, 1.82) is 0 Å². The fraction of sp³-hybridized carbons (Fsp3) is 0.294. The molecule has 2 N–H and O–H groups in total. The standard InChI is InChI=1S/C17H19F2NO2/c1-21-15-8-7-13(14(20)10-17(18)19)9-16(15)22-11-12-5-3-2-4-6-12/h2-9,14,17H,10-11,20H2,1H3/t14-/m0/s1. The molecular formula is C17H19F2NO2. The van der Waals surface area contributed by atoms with Crippen molar-refractivity contribution in [1.82, 2.24) is 0 Å². The maximum Gasteiger partial charge on any atom is 0.240 e. The lowest BCUT2D eigenvalue weighted by Gasteiger charge is -2.16. The summed E-state index contributed by atoms with van der Waals surface area (Å²) in [7, 11) is 1.53. The molecule has 0 unspecified atom stereocenters. The van der Waals surface area contributed by atoms with Crippen LogP contribution in [-0.4, -0.2) is 13.5 Å². The maximum atomic E-state index is 12.5.